The van der Waals surface area contributed by atoms with Gasteiger partial charge in [0.2, 0.25) is 5.91 Å². The van der Waals surface area contributed by atoms with Gasteiger partial charge < -0.3 is 14.6 Å². The number of rotatable bonds is 6. The molecule has 0 spiro atoms. The normalized spacial score (nSPS) is 13.3. The summed E-state index contributed by atoms with van der Waals surface area (Å²) in [6, 6.07) is 15.0. The molecule has 0 unspecified atom stereocenters. The van der Waals surface area contributed by atoms with E-state index in [0.29, 0.717) is 27.5 Å². The first kappa shape index (κ1) is 20.3. The number of fused-ring (bicyclic) bond motifs is 1. The van der Waals surface area contributed by atoms with Gasteiger partial charge in [-0.1, -0.05) is 41.9 Å². The first-order valence-corrected chi connectivity index (χ1v) is 10.7. The van der Waals surface area contributed by atoms with Crippen molar-refractivity contribution < 1.29 is 9.53 Å². The van der Waals surface area contributed by atoms with Gasteiger partial charge in [0.05, 0.1) is 18.5 Å². The quantitative estimate of drug-likeness (QED) is 0.471. The maximum Gasteiger partial charge on any atom is 0.278 e. The van der Waals surface area contributed by atoms with Gasteiger partial charge in [0.1, 0.15) is 23.3 Å². The van der Waals surface area contributed by atoms with E-state index in [1.54, 1.807) is 33.7 Å². The maximum absolute atomic E-state index is 13.3. The van der Waals surface area contributed by atoms with Crippen molar-refractivity contribution in [3.8, 4) is 16.9 Å². The molecule has 4 aromatic rings. The fourth-order valence-electron chi connectivity index (χ4n) is 3.86. The number of ether oxygens (including phenoxy) is 1. The molecule has 0 radical (unpaired) electrons. The van der Waals surface area contributed by atoms with E-state index in [4.69, 9.17) is 16.3 Å². The van der Waals surface area contributed by atoms with E-state index in [-0.39, 0.29) is 24.1 Å². The van der Waals surface area contributed by atoms with Gasteiger partial charge in [0.25, 0.3) is 5.56 Å². The maximum atomic E-state index is 13.3. The number of benzene rings is 2. The third-order valence-electron chi connectivity index (χ3n) is 5.57. The van der Waals surface area contributed by atoms with Crippen LogP contribution in [0.2, 0.25) is 5.02 Å². The van der Waals surface area contributed by atoms with Gasteiger partial charge in [-0.15, -0.1) is 0 Å². The summed E-state index contributed by atoms with van der Waals surface area (Å²) in [7, 11) is 1.53. The van der Waals surface area contributed by atoms with Gasteiger partial charge >= 0.3 is 0 Å². The Kier molecular flexibility index (Phi) is 5.19. The molecular weight excluding hydrogens is 428 g/mol. The van der Waals surface area contributed by atoms with Crippen molar-refractivity contribution in [1.82, 2.24) is 14.1 Å². The number of hydrogen-bond acceptors (Lipinski definition) is 4. The summed E-state index contributed by atoms with van der Waals surface area (Å²) in [6.45, 7) is -0.0292. The molecule has 2 heterocycles. The molecule has 32 heavy (non-hydrogen) atoms. The molecular formula is C24H21ClN4O3. The highest BCUT2D eigenvalue weighted by atomic mass is 35.5. The summed E-state index contributed by atoms with van der Waals surface area (Å²) >= 11 is 6.16. The Morgan fingerprint density at radius 1 is 1.22 bits per heavy atom. The van der Waals surface area contributed by atoms with E-state index < -0.39 is 0 Å². The smallest absolute Gasteiger partial charge is 0.278 e. The Morgan fingerprint density at radius 2 is 2.00 bits per heavy atom. The second-order valence-corrected chi connectivity index (χ2v) is 8.23. The van der Waals surface area contributed by atoms with Crippen LogP contribution in [0.15, 0.2) is 65.8 Å². The van der Waals surface area contributed by atoms with E-state index in [1.165, 1.54) is 7.11 Å². The summed E-state index contributed by atoms with van der Waals surface area (Å²) < 4.78 is 8.51. The van der Waals surface area contributed by atoms with Crippen LogP contribution in [0.1, 0.15) is 18.9 Å². The highest BCUT2D eigenvalue weighted by Gasteiger charge is 2.27. The average Bonchev–Trinajstić information content (AvgIpc) is 3.56. The third kappa shape index (κ3) is 3.76. The Hall–Kier alpha value is -3.58. The summed E-state index contributed by atoms with van der Waals surface area (Å²) in [5.74, 6) is 0.254. The molecule has 5 rings (SSSR count). The Morgan fingerprint density at radius 3 is 2.69 bits per heavy atom. The van der Waals surface area contributed by atoms with Crippen LogP contribution in [0.4, 0.5) is 5.69 Å². The average molecular weight is 449 g/mol. The first-order chi connectivity index (χ1) is 15.5. The lowest BCUT2D eigenvalue weighted by molar-refractivity contribution is -0.116. The zero-order valence-electron chi connectivity index (χ0n) is 17.4. The number of aromatic nitrogens is 3. The predicted molar refractivity (Wildman–Crippen MR) is 124 cm³/mol. The monoisotopic (exact) mass is 448 g/mol. The Bertz CT molecular complexity index is 1370. The molecule has 0 aliphatic heterocycles. The highest BCUT2D eigenvalue weighted by molar-refractivity contribution is 6.32. The predicted octanol–water partition coefficient (Wildman–Crippen LogP) is 4.50. The van der Waals surface area contributed by atoms with Crippen LogP contribution in [0.5, 0.6) is 5.75 Å². The molecule has 1 amide bonds. The second-order valence-electron chi connectivity index (χ2n) is 7.82. The van der Waals surface area contributed by atoms with Gasteiger partial charge in [-0.05, 0) is 36.6 Å². The van der Waals surface area contributed by atoms with E-state index in [9.17, 15) is 9.59 Å². The molecule has 1 aliphatic carbocycles. The number of carbonyl (C=O) groups excluding carboxylic acids is 1. The molecule has 0 saturated heterocycles. The largest absolute Gasteiger partial charge is 0.495 e. The summed E-state index contributed by atoms with van der Waals surface area (Å²) in [6.07, 6.45) is 5.39. The number of methoxy groups -OCH3 is 1. The van der Waals surface area contributed by atoms with Crippen LogP contribution in [0, 0.1) is 0 Å². The second kappa shape index (κ2) is 8.16. The van der Waals surface area contributed by atoms with E-state index in [0.717, 1.165) is 24.0 Å². The topological polar surface area (TPSA) is 78.2 Å². The highest BCUT2D eigenvalue weighted by Crippen LogP contribution is 2.34. The van der Waals surface area contributed by atoms with Crippen molar-refractivity contribution >= 4 is 34.2 Å². The van der Waals surface area contributed by atoms with Crippen LogP contribution in [-0.4, -0.2) is 27.1 Å². The standard InChI is InChI=1S/C24H21ClN4O3/c1-32-20-10-7-16(11-19(20)25)27-21(30)13-28-12-18(15-5-3-2-4-6-15)22-23(28)24(31)29(14-26-22)17-8-9-17/h2-7,10-12,14,17H,8-9,13H2,1H3,(H,27,30). The lowest BCUT2D eigenvalue weighted by atomic mass is 10.1. The van der Waals surface area contributed by atoms with E-state index >= 15 is 0 Å². The Labute approximate surface area is 189 Å². The minimum Gasteiger partial charge on any atom is -0.495 e. The molecule has 0 bridgehead atoms. The van der Waals surface area contributed by atoms with Crippen LogP contribution in [0.25, 0.3) is 22.2 Å². The molecule has 2 aromatic heterocycles. The van der Waals surface area contributed by atoms with Crippen LogP contribution < -0.4 is 15.6 Å². The number of nitrogens with one attached hydrogen (secondary N) is 1. The van der Waals surface area contributed by atoms with Crippen molar-refractivity contribution in [2.24, 2.45) is 0 Å². The van der Waals surface area contributed by atoms with E-state index in [1.807, 2.05) is 36.5 Å². The van der Waals surface area contributed by atoms with Gasteiger partial charge in [-0.25, -0.2) is 4.98 Å². The van der Waals surface area contributed by atoms with Crippen molar-refractivity contribution in [3.63, 3.8) is 0 Å². The van der Waals surface area contributed by atoms with Crippen molar-refractivity contribution in [2.45, 2.75) is 25.4 Å². The molecule has 1 N–H and O–H groups in total. The van der Waals surface area contributed by atoms with Crippen LogP contribution in [-0.2, 0) is 11.3 Å². The zero-order valence-corrected chi connectivity index (χ0v) is 18.2. The fourth-order valence-corrected chi connectivity index (χ4v) is 4.12. The van der Waals surface area contributed by atoms with Crippen molar-refractivity contribution in [1.29, 1.82) is 0 Å². The zero-order chi connectivity index (χ0) is 22.2. The van der Waals surface area contributed by atoms with Gasteiger partial charge in [-0.2, -0.15) is 0 Å². The van der Waals surface area contributed by atoms with E-state index in [2.05, 4.69) is 10.3 Å². The molecule has 1 aliphatic rings. The minimum atomic E-state index is -0.274. The minimum absolute atomic E-state index is 0.0292. The number of amides is 1. The summed E-state index contributed by atoms with van der Waals surface area (Å²) in [4.78, 5) is 30.7. The summed E-state index contributed by atoms with van der Waals surface area (Å²) in [5, 5.41) is 3.24. The number of nitrogens with zero attached hydrogens (tertiary/aromatic N) is 3. The lowest BCUT2D eigenvalue weighted by Crippen LogP contribution is -2.24. The SMILES string of the molecule is COc1ccc(NC(=O)Cn2cc(-c3ccccc3)c3ncn(C4CC4)c(=O)c32)cc1Cl. The molecule has 8 heteroatoms. The molecule has 2 aromatic carbocycles. The van der Waals surface area contributed by atoms with Crippen LogP contribution >= 0.6 is 11.6 Å². The molecule has 162 valence electrons. The number of hydrogen-bond donors (Lipinski definition) is 1. The van der Waals surface area contributed by atoms with Crippen LogP contribution in [0.3, 0.4) is 0 Å². The summed E-state index contributed by atoms with van der Waals surface area (Å²) in [5.41, 5.74) is 3.21. The van der Waals surface area contributed by atoms with Gasteiger partial charge in [0.15, 0.2) is 0 Å². The lowest BCUT2D eigenvalue weighted by Gasteiger charge is -2.10. The molecule has 1 fully saturated rings. The number of halogens is 1. The molecule has 7 nitrogen and oxygen atoms in total. The molecule has 0 atom stereocenters. The van der Waals surface area contributed by atoms with Crippen molar-refractivity contribution in [2.75, 3.05) is 12.4 Å². The number of anilines is 1. The first-order valence-electron chi connectivity index (χ1n) is 10.3. The van der Waals surface area contributed by atoms with Crippen molar-refractivity contribution in [3.05, 3.63) is 76.4 Å². The fraction of sp³-hybridized carbons (Fsp3) is 0.208. The van der Waals surface area contributed by atoms with Gasteiger partial charge in [0, 0.05) is 23.5 Å². The molecule has 1 saturated carbocycles. The van der Waals surface area contributed by atoms with Gasteiger partial charge in [-0.3, -0.25) is 14.2 Å². The third-order valence-corrected chi connectivity index (χ3v) is 5.87. The number of carbonyl (C=O) groups is 1. The Balaban J connectivity index is 1.52.